The second kappa shape index (κ2) is 7.70. The summed E-state index contributed by atoms with van der Waals surface area (Å²) in [6.07, 6.45) is 2.99. The molecule has 0 aliphatic carbocycles. The van der Waals surface area contributed by atoms with Crippen LogP contribution in [0.25, 0.3) is 0 Å². The van der Waals surface area contributed by atoms with Crippen molar-refractivity contribution in [3.63, 3.8) is 0 Å². The van der Waals surface area contributed by atoms with E-state index >= 15 is 0 Å². The fourth-order valence-electron chi connectivity index (χ4n) is 1.21. The molecule has 0 spiro atoms. The zero-order valence-corrected chi connectivity index (χ0v) is 13.5. The second-order valence-corrected chi connectivity index (χ2v) is 9.14. The molecule has 0 atom stereocenters. The van der Waals surface area contributed by atoms with E-state index in [1.54, 1.807) is 0 Å². The highest BCUT2D eigenvalue weighted by atomic mass is 33.1. The first-order chi connectivity index (χ1) is 7.69. The minimum Gasteiger partial charge on any atom is -0.396 e. The minimum atomic E-state index is 0.133. The van der Waals surface area contributed by atoms with Gasteiger partial charge in [0.25, 0.3) is 0 Å². The molecule has 102 valence electrons. The molecule has 0 radical (unpaired) electrons. The molecule has 0 saturated carbocycles. The molecule has 0 amide bonds. The van der Waals surface area contributed by atoms with Gasteiger partial charge in [0.1, 0.15) is 0 Å². The standard InChI is InChI=1S/C13H27NOS2/c1-12(2,3)11(14)7-6-10-16-17-13(4,5)8-9-15/h14-15H,6-10H2,1-5H3/p+1. The molecular formula is C13H28NOS2+. The maximum absolute atomic E-state index is 8.92. The summed E-state index contributed by atoms with van der Waals surface area (Å²) >= 11 is 0. The molecule has 0 saturated heterocycles. The first kappa shape index (κ1) is 17.3. The van der Waals surface area contributed by atoms with E-state index in [1.165, 1.54) is 0 Å². The van der Waals surface area contributed by atoms with Crippen LogP contribution in [0.5, 0.6) is 0 Å². The molecule has 0 rings (SSSR count). The van der Waals surface area contributed by atoms with Crippen molar-refractivity contribution in [2.45, 2.75) is 58.6 Å². The Morgan fingerprint density at radius 2 is 1.76 bits per heavy atom. The van der Waals surface area contributed by atoms with Crippen molar-refractivity contribution in [1.82, 2.24) is 0 Å². The third-order valence-electron chi connectivity index (χ3n) is 2.64. The van der Waals surface area contributed by atoms with Crippen LogP contribution in [0.4, 0.5) is 0 Å². The zero-order valence-electron chi connectivity index (χ0n) is 11.9. The van der Waals surface area contributed by atoms with Gasteiger partial charge < -0.3 is 5.11 Å². The topological polar surface area (TPSA) is 45.8 Å². The maximum Gasteiger partial charge on any atom is 0.154 e. The Bertz CT molecular complexity index is 234. The van der Waals surface area contributed by atoms with Crippen LogP contribution in [-0.2, 0) is 0 Å². The van der Waals surface area contributed by atoms with Crippen LogP contribution in [0.1, 0.15) is 53.9 Å². The normalized spacial score (nSPS) is 12.8. The number of aliphatic hydroxyl groups is 1. The van der Waals surface area contributed by atoms with E-state index in [0.717, 1.165) is 30.7 Å². The third-order valence-corrected chi connectivity index (χ3v) is 6.07. The van der Waals surface area contributed by atoms with Gasteiger partial charge in [-0.2, -0.15) is 0 Å². The Labute approximate surface area is 114 Å². The van der Waals surface area contributed by atoms with Gasteiger partial charge in [-0.1, -0.05) is 42.4 Å². The van der Waals surface area contributed by atoms with Crippen LogP contribution in [-0.4, -0.2) is 27.9 Å². The fourth-order valence-corrected chi connectivity index (χ4v) is 3.86. The van der Waals surface area contributed by atoms with E-state index in [9.17, 15) is 0 Å². The van der Waals surface area contributed by atoms with Gasteiger partial charge in [0.2, 0.25) is 0 Å². The van der Waals surface area contributed by atoms with E-state index in [2.05, 4.69) is 34.6 Å². The molecule has 0 unspecified atom stereocenters. The van der Waals surface area contributed by atoms with Gasteiger partial charge in [0.05, 0.1) is 0 Å². The molecule has 0 bridgehead atoms. The van der Waals surface area contributed by atoms with Crippen LogP contribution in [0, 0.1) is 5.41 Å². The van der Waals surface area contributed by atoms with Crippen LogP contribution in [0.15, 0.2) is 0 Å². The molecule has 17 heavy (non-hydrogen) atoms. The lowest BCUT2D eigenvalue weighted by atomic mass is 9.88. The van der Waals surface area contributed by atoms with Gasteiger partial charge in [-0.05, 0) is 26.7 Å². The van der Waals surface area contributed by atoms with Crippen molar-refractivity contribution in [2.75, 3.05) is 12.4 Å². The van der Waals surface area contributed by atoms with Crippen molar-refractivity contribution in [3.05, 3.63) is 0 Å². The lowest BCUT2D eigenvalue weighted by Gasteiger charge is -2.21. The molecule has 0 heterocycles. The number of hydrogen-bond donors (Lipinski definition) is 2. The van der Waals surface area contributed by atoms with E-state index in [1.807, 2.05) is 21.6 Å². The summed E-state index contributed by atoms with van der Waals surface area (Å²) in [4.78, 5) is 0. The molecule has 0 aliphatic rings. The van der Waals surface area contributed by atoms with Crippen molar-refractivity contribution in [3.8, 4) is 0 Å². The summed E-state index contributed by atoms with van der Waals surface area (Å²) in [7, 11) is 3.76. The Hall–Kier alpha value is 0.330. The highest BCUT2D eigenvalue weighted by Crippen LogP contribution is 2.38. The maximum atomic E-state index is 8.92. The monoisotopic (exact) mass is 278 g/mol. The number of nitrogens with two attached hydrogens (primary N) is 1. The lowest BCUT2D eigenvalue weighted by Crippen LogP contribution is -2.47. The minimum absolute atomic E-state index is 0.133. The first-order valence-electron chi connectivity index (χ1n) is 6.22. The van der Waals surface area contributed by atoms with Crippen LogP contribution in [0.2, 0.25) is 0 Å². The van der Waals surface area contributed by atoms with E-state index in [-0.39, 0.29) is 16.8 Å². The Morgan fingerprint density at radius 3 is 2.24 bits per heavy atom. The molecular weight excluding hydrogens is 250 g/mol. The molecule has 0 aliphatic heterocycles. The number of hydrogen-bond acceptors (Lipinski definition) is 3. The van der Waals surface area contributed by atoms with Crippen LogP contribution >= 0.6 is 21.6 Å². The first-order valence-corrected chi connectivity index (χ1v) is 8.54. The van der Waals surface area contributed by atoms with Gasteiger partial charge in [-0.15, -0.1) is 0 Å². The highest BCUT2D eigenvalue weighted by Gasteiger charge is 2.22. The average Bonchev–Trinajstić information content (AvgIpc) is 2.15. The van der Waals surface area contributed by atoms with Crippen LogP contribution < -0.4 is 5.41 Å². The predicted octanol–water partition coefficient (Wildman–Crippen LogP) is 2.56. The smallest absolute Gasteiger partial charge is 0.154 e. The summed E-state index contributed by atoms with van der Waals surface area (Å²) in [5.74, 6) is 1.12. The van der Waals surface area contributed by atoms with Gasteiger partial charge in [-0.25, -0.2) is 0 Å². The molecule has 0 fully saturated rings. The summed E-state index contributed by atoms with van der Waals surface area (Å²) in [5.41, 5.74) is 1.23. The largest absolute Gasteiger partial charge is 0.396 e. The zero-order chi connectivity index (χ0) is 13.5. The van der Waals surface area contributed by atoms with E-state index in [4.69, 9.17) is 10.5 Å². The molecule has 0 aromatic rings. The predicted molar refractivity (Wildman–Crippen MR) is 81.5 cm³/mol. The third kappa shape index (κ3) is 8.97. The Morgan fingerprint density at radius 1 is 1.18 bits per heavy atom. The molecule has 0 aromatic carbocycles. The number of rotatable bonds is 8. The van der Waals surface area contributed by atoms with Crippen molar-refractivity contribution >= 4 is 27.3 Å². The van der Waals surface area contributed by atoms with Gasteiger partial charge >= 0.3 is 0 Å². The Kier molecular flexibility index (Phi) is 7.85. The average molecular weight is 279 g/mol. The molecule has 2 nitrogen and oxygen atoms in total. The summed E-state index contributed by atoms with van der Waals surface area (Å²) in [6.45, 7) is 11.1. The van der Waals surface area contributed by atoms with Gasteiger partial charge in [0, 0.05) is 28.9 Å². The lowest BCUT2D eigenvalue weighted by molar-refractivity contribution is -0.126. The summed E-state index contributed by atoms with van der Waals surface area (Å²) in [6, 6.07) is 0. The fraction of sp³-hybridized carbons (Fsp3) is 0.923. The van der Waals surface area contributed by atoms with Crippen LogP contribution in [0.3, 0.4) is 0 Å². The SMILES string of the molecule is CC(C)(CCO)SSCCCC(=[NH2+])C(C)(C)C. The quantitative estimate of drug-likeness (QED) is 0.407. The summed E-state index contributed by atoms with van der Waals surface area (Å²) in [5, 5.41) is 15.0. The Balaban J connectivity index is 3.63. The highest BCUT2D eigenvalue weighted by molar-refractivity contribution is 8.77. The molecule has 4 heteroatoms. The molecule has 0 aromatic heterocycles. The van der Waals surface area contributed by atoms with Gasteiger partial charge in [-0.3, -0.25) is 5.41 Å². The van der Waals surface area contributed by atoms with Crippen molar-refractivity contribution in [1.29, 1.82) is 0 Å². The van der Waals surface area contributed by atoms with Crippen molar-refractivity contribution in [2.24, 2.45) is 5.41 Å². The van der Waals surface area contributed by atoms with Crippen molar-refractivity contribution < 1.29 is 10.5 Å². The molecule has 3 N–H and O–H groups in total. The van der Waals surface area contributed by atoms with Gasteiger partial charge in [0.15, 0.2) is 5.71 Å². The van der Waals surface area contributed by atoms with E-state index < -0.39 is 0 Å². The van der Waals surface area contributed by atoms with E-state index in [0.29, 0.717) is 0 Å². The summed E-state index contributed by atoms with van der Waals surface area (Å²) < 4.78 is 0.165. The second-order valence-electron chi connectivity index (χ2n) is 6.02. The number of aliphatic hydroxyl groups excluding tert-OH is 1.